The van der Waals surface area contributed by atoms with E-state index in [1.165, 1.54) is 7.11 Å². The van der Waals surface area contributed by atoms with Gasteiger partial charge < -0.3 is 15.8 Å². The summed E-state index contributed by atoms with van der Waals surface area (Å²) < 4.78 is 4.72. The molecule has 1 atom stereocenters. The molecule has 0 heterocycles. The maximum Gasteiger partial charge on any atom is 0.328 e. The van der Waals surface area contributed by atoms with Gasteiger partial charge in [0.05, 0.1) is 13.7 Å². The largest absolute Gasteiger partial charge is 0.467 e. The number of ether oxygens (including phenoxy) is 1. The van der Waals surface area contributed by atoms with Gasteiger partial charge in [0, 0.05) is 17.5 Å². The van der Waals surface area contributed by atoms with E-state index in [1.54, 1.807) is 0 Å². The molecule has 25 heavy (non-hydrogen) atoms. The predicted molar refractivity (Wildman–Crippen MR) is 95.6 cm³/mol. The Morgan fingerprint density at radius 1 is 1.04 bits per heavy atom. The number of benzene rings is 2. The zero-order valence-corrected chi connectivity index (χ0v) is 14.0. The summed E-state index contributed by atoms with van der Waals surface area (Å²) in [6.45, 7) is -0.179. The van der Waals surface area contributed by atoms with Crippen molar-refractivity contribution in [1.82, 2.24) is 5.32 Å². The molecule has 5 nitrogen and oxygen atoms in total. The number of rotatable bonds is 5. The Hall–Kier alpha value is -3.10. The molecule has 0 unspecified atom stereocenters. The quantitative estimate of drug-likeness (QED) is 0.636. The number of carbonyl (C=O) groups excluding carboxylic acids is 2. The number of nitrogens with one attached hydrogen (secondary N) is 1. The van der Waals surface area contributed by atoms with Crippen molar-refractivity contribution >= 4 is 11.9 Å². The van der Waals surface area contributed by atoms with Crippen LogP contribution in [0.15, 0.2) is 54.6 Å². The summed E-state index contributed by atoms with van der Waals surface area (Å²) in [5.74, 6) is 5.27. The van der Waals surface area contributed by atoms with Crippen LogP contribution in [-0.2, 0) is 20.7 Å². The lowest BCUT2D eigenvalue weighted by atomic mass is 10.0. The molecule has 2 aromatic carbocycles. The van der Waals surface area contributed by atoms with Crippen LogP contribution in [0.3, 0.4) is 0 Å². The minimum absolute atomic E-state index is 0.179. The molecule has 2 aromatic rings. The summed E-state index contributed by atoms with van der Waals surface area (Å²) in [6, 6.07) is 16.5. The van der Waals surface area contributed by atoms with Gasteiger partial charge in [-0.3, -0.25) is 4.79 Å². The van der Waals surface area contributed by atoms with E-state index >= 15 is 0 Å². The van der Waals surface area contributed by atoms with Crippen LogP contribution in [0.1, 0.15) is 16.7 Å². The highest BCUT2D eigenvalue weighted by molar-refractivity contribution is 5.85. The van der Waals surface area contributed by atoms with Gasteiger partial charge in [0.15, 0.2) is 0 Å². The van der Waals surface area contributed by atoms with Crippen LogP contribution in [0.4, 0.5) is 0 Å². The molecule has 1 amide bonds. The van der Waals surface area contributed by atoms with E-state index in [0.29, 0.717) is 6.42 Å². The summed E-state index contributed by atoms with van der Waals surface area (Å²) in [5.41, 5.74) is 7.98. The maximum absolute atomic E-state index is 11.8. The normalized spacial score (nSPS) is 11.0. The minimum Gasteiger partial charge on any atom is -0.467 e. The molecule has 0 aromatic heterocycles. The van der Waals surface area contributed by atoms with Crippen LogP contribution < -0.4 is 11.1 Å². The molecule has 128 valence electrons. The van der Waals surface area contributed by atoms with Gasteiger partial charge in [0.2, 0.25) is 5.91 Å². The van der Waals surface area contributed by atoms with Gasteiger partial charge in [-0.2, -0.15) is 0 Å². The molecule has 0 bridgehead atoms. The molecule has 2 rings (SSSR count). The van der Waals surface area contributed by atoms with Crippen LogP contribution in [0.25, 0.3) is 0 Å². The molecular weight excluding hydrogens is 316 g/mol. The van der Waals surface area contributed by atoms with Gasteiger partial charge in [0.1, 0.15) is 6.04 Å². The number of amides is 1. The van der Waals surface area contributed by atoms with Gasteiger partial charge in [-0.1, -0.05) is 42.2 Å². The Bertz CT molecular complexity index is 774. The molecule has 3 N–H and O–H groups in total. The van der Waals surface area contributed by atoms with Gasteiger partial charge in [-0.15, -0.1) is 0 Å². The first-order valence-electron chi connectivity index (χ1n) is 7.85. The van der Waals surface area contributed by atoms with Gasteiger partial charge in [0.25, 0.3) is 0 Å². The van der Waals surface area contributed by atoms with Gasteiger partial charge in [-0.05, 0) is 29.8 Å². The number of methoxy groups -OCH3 is 1. The Balaban J connectivity index is 2.06. The smallest absolute Gasteiger partial charge is 0.328 e. The molecule has 0 aliphatic carbocycles. The van der Waals surface area contributed by atoms with Crippen molar-refractivity contribution in [2.24, 2.45) is 5.73 Å². The Morgan fingerprint density at radius 3 is 2.20 bits per heavy atom. The lowest BCUT2D eigenvalue weighted by Crippen LogP contribution is -2.45. The Kier molecular flexibility index (Phi) is 6.76. The average Bonchev–Trinajstić information content (AvgIpc) is 2.66. The van der Waals surface area contributed by atoms with Crippen LogP contribution in [0, 0.1) is 11.8 Å². The number of carbonyl (C=O) groups is 2. The molecule has 0 aliphatic heterocycles. The monoisotopic (exact) mass is 336 g/mol. The van der Waals surface area contributed by atoms with Crippen LogP contribution in [0.5, 0.6) is 0 Å². The standard InChI is InChI=1S/C20H20N2O3/c1-25-20(24)18(22-19(23)14-21)13-17-11-9-16(10-12-17)8-7-15-5-3-2-4-6-15/h2-6,9-12,18H,13-14,21H2,1H3,(H,22,23)/t18-/m0/s1. The van der Waals surface area contributed by atoms with Crippen molar-refractivity contribution in [3.8, 4) is 11.8 Å². The topological polar surface area (TPSA) is 81.4 Å². The molecule has 0 saturated carbocycles. The molecule has 0 saturated heterocycles. The Morgan fingerprint density at radius 2 is 1.64 bits per heavy atom. The van der Waals surface area contributed by atoms with E-state index in [2.05, 4.69) is 17.2 Å². The van der Waals surface area contributed by atoms with E-state index in [1.807, 2.05) is 54.6 Å². The van der Waals surface area contributed by atoms with Crippen LogP contribution in [-0.4, -0.2) is 31.6 Å². The summed E-state index contributed by atoms with van der Waals surface area (Å²) in [6.07, 6.45) is 0.324. The predicted octanol–water partition coefficient (Wildman–Crippen LogP) is 1.25. The van der Waals surface area contributed by atoms with Crippen molar-refractivity contribution in [1.29, 1.82) is 0 Å². The molecule has 5 heteroatoms. The first-order chi connectivity index (χ1) is 12.1. The number of nitrogens with two attached hydrogens (primary N) is 1. The highest BCUT2D eigenvalue weighted by atomic mass is 16.5. The highest BCUT2D eigenvalue weighted by Crippen LogP contribution is 2.08. The first-order valence-corrected chi connectivity index (χ1v) is 7.85. The fraction of sp³-hybridized carbons (Fsp3) is 0.200. The summed E-state index contributed by atoms with van der Waals surface area (Å²) in [7, 11) is 1.28. The summed E-state index contributed by atoms with van der Waals surface area (Å²) in [4.78, 5) is 23.2. The second kappa shape index (κ2) is 9.26. The molecule has 0 radical (unpaired) electrons. The SMILES string of the molecule is COC(=O)[C@H](Cc1ccc(C#Cc2ccccc2)cc1)NC(=O)CN. The van der Waals surface area contributed by atoms with Crippen LogP contribution in [0.2, 0.25) is 0 Å². The molecule has 0 fully saturated rings. The van der Waals surface area contributed by atoms with Crippen molar-refractivity contribution in [2.75, 3.05) is 13.7 Å². The van der Waals surface area contributed by atoms with Crippen molar-refractivity contribution in [2.45, 2.75) is 12.5 Å². The lowest BCUT2D eigenvalue weighted by molar-refractivity contribution is -0.144. The third-order valence-electron chi connectivity index (χ3n) is 3.53. The Labute approximate surface area is 147 Å². The second-order valence-electron chi connectivity index (χ2n) is 5.36. The molecule has 0 aliphatic rings. The fourth-order valence-electron chi connectivity index (χ4n) is 2.21. The van der Waals surface area contributed by atoms with E-state index in [0.717, 1.165) is 16.7 Å². The second-order valence-corrected chi connectivity index (χ2v) is 5.36. The zero-order chi connectivity index (χ0) is 18.1. The number of hydrogen-bond acceptors (Lipinski definition) is 4. The first kappa shape index (κ1) is 18.2. The molecule has 0 spiro atoms. The minimum atomic E-state index is -0.762. The average molecular weight is 336 g/mol. The third-order valence-corrected chi connectivity index (χ3v) is 3.53. The summed E-state index contributed by atoms with van der Waals surface area (Å²) >= 11 is 0. The lowest BCUT2D eigenvalue weighted by Gasteiger charge is -2.16. The van der Waals surface area contributed by atoms with Crippen molar-refractivity contribution < 1.29 is 14.3 Å². The van der Waals surface area contributed by atoms with Gasteiger partial charge in [-0.25, -0.2) is 4.79 Å². The van der Waals surface area contributed by atoms with Crippen LogP contribution >= 0.6 is 0 Å². The van der Waals surface area contributed by atoms with E-state index in [-0.39, 0.29) is 6.54 Å². The molecular formula is C20H20N2O3. The van der Waals surface area contributed by atoms with E-state index in [9.17, 15) is 9.59 Å². The number of esters is 1. The maximum atomic E-state index is 11.8. The van der Waals surface area contributed by atoms with Crippen molar-refractivity contribution in [3.63, 3.8) is 0 Å². The third kappa shape index (κ3) is 5.79. The highest BCUT2D eigenvalue weighted by Gasteiger charge is 2.21. The van der Waals surface area contributed by atoms with Gasteiger partial charge >= 0.3 is 5.97 Å². The summed E-state index contributed by atoms with van der Waals surface area (Å²) in [5, 5.41) is 2.56. The number of hydrogen-bond donors (Lipinski definition) is 2. The van der Waals surface area contributed by atoms with Crippen molar-refractivity contribution in [3.05, 3.63) is 71.3 Å². The van der Waals surface area contributed by atoms with E-state index < -0.39 is 17.9 Å². The zero-order valence-electron chi connectivity index (χ0n) is 14.0. The van der Waals surface area contributed by atoms with E-state index in [4.69, 9.17) is 10.5 Å². The fourth-order valence-corrected chi connectivity index (χ4v) is 2.21.